The molecule has 4 heteroatoms. The Balaban J connectivity index is 2.21. The van der Waals surface area contributed by atoms with Crippen LogP contribution < -0.4 is 0 Å². The van der Waals surface area contributed by atoms with E-state index in [-0.39, 0.29) is 18.0 Å². The molecule has 0 fully saturated rings. The fraction of sp³-hybridized carbons (Fsp3) is 0.111. The Morgan fingerprint density at radius 2 is 1.50 bits per heavy atom. The summed E-state index contributed by atoms with van der Waals surface area (Å²) in [6, 6.07) is 17.6. The summed E-state index contributed by atoms with van der Waals surface area (Å²) in [5, 5.41) is 0. The fourth-order valence-electron chi connectivity index (χ4n) is 1.82. The first kappa shape index (κ1) is 15.9. The highest BCUT2D eigenvalue weighted by Crippen LogP contribution is 2.14. The second-order valence-corrected chi connectivity index (χ2v) is 6.40. The minimum atomic E-state index is -3.63. The summed E-state index contributed by atoms with van der Waals surface area (Å²) >= 11 is 0. The first-order valence-electron chi connectivity index (χ1n) is 6.67. The molecule has 0 aliphatic heterocycles. The van der Waals surface area contributed by atoms with Crippen molar-refractivity contribution in [1.29, 1.82) is 0 Å². The highest BCUT2D eigenvalue weighted by molar-refractivity contribution is 7.89. The van der Waals surface area contributed by atoms with E-state index >= 15 is 0 Å². The van der Waals surface area contributed by atoms with Crippen LogP contribution in [0.25, 0.3) is 0 Å². The fourth-order valence-corrected chi connectivity index (χ4v) is 3.10. The van der Waals surface area contributed by atoms with Gasteiger partial charge in [0.1, 0.15) is 0 Å². The van der Waals surface area contributed by atoms with Gasteiger partial charge in [0, 0.05) is 5.56 Å². The molecule has 0 N–H and O–H groups in total. The standard InChI is InChI=1S/C18H15NO2S/c1-2-15-19(16-9-12-17-10-5-3-6-11-17)22(20,21)18-13-7-4-8-14-18/h1,3-8,10-11,13-14H,15-16H2. The zero-order valence-electron chi connectivity index (χ0n) is 11.9. The summed E-state index contributed by atoms with van der Waals surface area (Å²) in [5.74, 6) is 8.17. The van der Waals surface area contributed by atoms with E-state index < -0.39 is 10.0 Å². The molecule has 3 nitrogen and oxygen atoms in total. The van der Waals surface area contributed by atoms with E-state index in [2.05, 4.69) is 17.8 Å². The summed E-state index contributed by atoms with van der Waals surface area (Å²) in [6.45, 7) is 0.0387. The van der Waals surface area contributed by atoms with E-state index in [4.69, 9.17) is 6.42 Å². The van der Waals surface area contributed by atoms with Gasteiger partial charge in [0.05, 0.1) is 18.0 Å². The Hall–Kier alpha value is -2.53. The third-order valence-corrected chi connectivity index (χ3v) is 4.72. The maximum atomic E-state index is 12.5. The summed E-state index contributed by atoms with van der Waals surface area (Å²) in [6.07, 6.45) is 5.28. The van der Waals surface area contributed by atoms with Crippen molar-refractivity contribution in [2.24, 2.45) is 0 Å². The van der Waals surface area contributed by atoms with Crippen LogP contribution in [-0.2, 0) is 10.0 Å². The number of sulfonamides is 1. The Labute approximate surface area is 131 Å². The predicted molar refractivity (Wildman–Crippen MR) is 87.4 cm³/mol. The molecular formula is C18H15NO2S. The lowest BCUT2D eigenvalue weighted by Crippen LogP contribution is -2.31. The molecule has 0 saturated carbocycles. The van der Waals surface area contributed by atoms with Crippen LogP contribution in [0, 0.1) is 24.2 Å². The topological polar surface area (TPSA) is 37.4 Å². The minimum absolute atomic E-state index is 0.0132. The Kier molecular flexibility index (Phi) is 5.38. The van der Waals surface area contributed by atoms with Crippen molar-refractivity contribution in [3.05, 3.63) is 66.2 Å². The first-order chi connectivity index (χ1) is 10.6. The largest absolute Gasteiger partial charge is 0.244 e. The van der Waals surface area contributed by atoms with Crippen molar-refractivity contribution in [2.75, 3.05) is 13.1 Å². The van der Waals surface area contributed by atoms with Gasteiger partial charge in [-0.2, -0.15) is 4.31 Å². The maximum absolute atomic E-state index is 12.5. The van der Waals surface area contributed by atoms with Crippen LogP contribution in [-0.4, -0.2) is 25.8 Å². The van der Waals surface area contributed by atoms with Gasteiger partial charge >= 0.3 is 0 Å². The van der Waals surface area contributed by atoms with Crippen molar-refractivity contribution in [1.82, 2.24) is 4.31 Å². The lowest BCUT2D eigenvalue weighted by atomic mass is 10.2. The van der Waals surface area contributed by atoms with E-state index in [1.807, 2.05) is 30.3 Å². The maximum Gasteiger partial charge on any atom is 0.244 e. The second-order valence-electron chi connectivity index (χ2n) is 4.46. The van der Waals surface area contributed by atoms with Gasteiger partial charge in [0.15, 0.2) is 0 Å². The monoisotopic (exact) mass is 309 g/mol. The van der Waals surface area contributed by atoms with E-state index in [0.29, 0.717) is 0 Å². The highest BCUT2D eigenvalue weighted by atomic mass is 32.2. The van der Waals surface area contributed by atoms with Crippen LogP contribution in [0.3, 0.4) is 0 Å². The van der Waals surface area contributed by atoms with Crippen LogP contribution in [0.15, 0.2) is 65.6 Å². The number of hydrogen-bond donors (Lipinski definition) is 0. The Morgan fingerprint density at radius 1 is 0.909 bits per heavy atom. The highest BCUT2D eigenvalue weighted by Gasteiger charge is 2.22. The van der Waals surface area contributed by atoms with Gasteiger partial charge in [-0.25, -0.2) is 8.42 Å². The van der Waals surface area contributed by atoms with Crippen molar-refractivity contribution < 1.29 is 8.42 Å². The van der Waals surface area contributed by atoms with Gasteiger partial charge in [-0.05, 0) is 24.3 Å². The average Bonchev–Trinajstić information content (AvgIpc) is 2.56. The molecule has 110 valence electrons. The first-order valence-corrected chi connectivity index (χ1v) is 8.11. The third kappa shape index (κ3) is 3.99. The average molecular weight is 309 g/mol. The molecule has 0 spiro atoms. The summed E-state index contributed by atoms with van der Waals surface area (Å²) in [7, 11) is -3.63. The van der Waals surface area contributed by atoms with E-state index in [1.54, 1.807) is 30.3 Å². The van der Waals surface area contributed by atoms with Crippen molar-refractivity contribution >= 4 is 10.0 Å². The molecule has 0 unspecified atom stereocenters. The summed E-state index contributed by atoms with van der Waals surface area (Å²) in [4.78, 5) is 0.215. The summed E-state index contributed by atoms with van der Waals surface area (Å²) < 4.78 is 26.2. The molecule has 2 aromatic rings. The lowest BCUT2D eigenvalue weighted by Gasteiger charge is -2.17. The quantitative estimate of drug-likeness (QED) is 0.813. The molecular weight excluding hydrogens is 294 g/mol. The number of benzene rings is 2. The van der Waals surface area contributed by atoms with Crippen molar-refractivity contribution in [3.8, 4) is 24.2 Å². The van der Waals surface area contributed by atoms with Gasteiger partial charge in [-0.15, -0.1) is 6.42 Å². The minimum Gasteiger partial charge on any atom is -0.207 e. The van der Waals surface area contributed by atoms with Gasteiger partial charge in [0.25, 0.3) is 0 Å². The summed E-state index contributed by atoms with van der Waals surface area (Å²) in [5.41, 5.74) is 0.834. The molecule has 0 bridgehead atoms. The number of rotatable bonds is 4. The molecule has 0 amide bonds. The molecule has 0 aliphatic rings. The van der Waals surface area contributed by atoms with E-state index in [0.717, 1.165) is 5.56 Å². The number of hydrogen-bond acceptors (Lipinski definition) is 2. The molecule has 0 aliphatic carbocycles. The third-order valence-electron chi connectivity index (χ3n) is 2.91. The van der Waals surface area contributed by atoms with Gasteiger partial charge in [0.2, 0.25) is 10.0 Å². The van der Waals surface area contributed by atoms with Crippen molar-refractivity contribution in [3.63, 3.8) is 0 Å². The van der Waals surface area contributed by atoms with Gasteiger partial charge in [-0.3, -0.25) is 0 Å². The van der Waals surface area contributed by atoms with E-state index in [1.165, 1.54) is 4.31 Å². The Morgan fingerprint density at radius 3 is 2.09 bits per heavy atom. The normalized spacial score (nSPS) is 10.5. The zero-order valence-corrected chi connectivity index (χ0v) is 12.8. The molecule has 0 heterocycles. The Bertz CT molecular complexity index is 810. The SMILES string of the molecule is C#CCN(CC#Cc1ccccc1)S(=O)(=O)c1ccccc1. The lowest BCUT2D eigenvalue weighted by molar-refractivity contribution is 0.482. The van der Waals surface area contributed by atoms with Crippen LogP contribution in [0.1, 0.15) is 5.56 Å². The molecule has 2 aromatic carbocycles. The van der Waals surface area contributed by atoms with Crippen LogP contribution in [0.4, 0.5) is 0 Å². The number of nitrogens with zero attached hydrogens (tertiary/aromatic N) is 1. The predicted octanol–water partition coefficient (Wildman–Crippen LogP) is 2.36. The van der Waals surface area contributed by atoms with Crippen LogP contribution in [0.2, 0.25) is 0 Å². The van der Waals surface area contributed by atoms with Gasteiger partial charge < -0.3 is 0 Å². The van der Waals surface area contributed by atoms with Crippen LogP contribution >= 0.6 is 0 Å². The second kappa shape index (κ2) is 7.47. The molecule has 0 radical (unpaired) electrons. The van der Waals surface area contributed by atoms with E-state index in [9.17, 15) is 8.42 Å². The molecule has 0 saturated heterocycles. The van der Waals surface area contributed by atoms with Crippen molar-refractivity contribution in [2.45, 2.75) is 4.90 Å². The zero-order chi connectivity index (χ0) is 15.8. The van der Waals surface area contributed by atoms with Gasteiger partial charge in [-0.1, -0.05) is 54.2 Å². The van der Waals surface area contributed by atoms with Crippen LogP contribution in [0.5, 0.6) is 0 Å². The smallest absolute Gasteiger partial charge is 0.207 e. The molecule has 0 atom stereocenters. The number of terminal acetylenes is 1. The molecule has 0 aromatic heterocycles. The molecule has 2 rings (SSSR count). The molecule has 22 heavy (non-hydrogen) atoms.